The van der Waals surface area contributed by atoms with Crippen molar-refractivity contribution in [2.75, 3.05) is 23.7 Å². The lowest BCUT2D eigenvalue weighted by atomic mass is 10.1. The zero-order valence-electron chi connectivity index (χ0n) is 19.1. The second kappa shape index (κ2) is 11.7. The van der Waals surface area contributed by atoms with Gasteiger partial charge in [0, 0.05) is 17.6 Å². The van der Waals surface area contributed by atoms with E-state index in [0.29, 0.717) is 6.42 Å². The van der Waals surface area contributed by atoms with Gasteiger partial charge in [-0.05, 0) is 51.0 Å². The predicted molar refractivity (Wildman–Crippen MR) is 133 cm³/mol. The molecule has 1 N–H and O–H groups in total. The molecule has 0 aliphatic carbocycles. The Labute approximate surface area is 205 Å². The number of hydrogen-bond acceptors (Lipinski definition) is 4. The fourth-order valence-corrected chi connectivity index (χ4v) is 4.54. The molecule has 0 fully saturated rings. The Hall–Kier alpha value is -2.29. The van der Waals surface area contributed by atoms with Gasteiger partial charge in [0.25, 0.3) is 0 Å². The van der Waals surface area contributed by atoms with Crippen LogP contribution in [-0.4, -0.2) is 56.6 Å². The molecule has 2 amide bonds. The Morgan fingerprint density at radius 2 is 1.67 bits per heavy atom. The number of anilines is 1. The number of nitrogens with zero attached hydrogens (tertiary/aromatic N) is 2. The molecule has 2 aromatic carbocycles. The van der Waals surface area contributed by atoms with Crippen LogP contribution < -0.4 is 9.62 Å². The van der Waals surface area contributed by atoms with Crippen molar-refractivity contribution < 1.29 is 18.0 Å². The average molecular weight is 514 g/mol. The maximum absolute atomic E-state index is 13.4. The van der Waals surface area contributed by atoms with Gasteiger partial charge in [-0.1, -0.05) is 53.5 Å². The molecule has 0 aromatic heterocycles. The minimum atomic E-state index is -3.88. The third kappa shape index (κ3) is 7.91. The van der Waals surface area contributed by atoms with E-state index < -0.39 is 28.5 Å². The Morgan fingerprint density at radius 3 is 2.24 bits per heavy atom. The lowest BCUT2D eigenvalue weighted by Gasteiger charge is -2.32. The fraction of sp³-hybridized carbons (Fsp3) is 0.391. The van der Waals surface area contributed by atoms with Crippen LogP contribution in [0.3, 0.4) is 0 Å². The zero-order chi connectivity index (χ0) is 24.8. The first-order chi connectivity index (χ1) is 15.4. The molecule has 2 rings (SSSR count). The fourth-order valence-electron chi connectivity index (χ4n) is 3.25. The minimum Gasteiger partial charge on any atom is -0.352 e. The zero-order valence-corrected chi connectivity index (χ0v) is 21.4. The van der Waals surface area contributed by atoms with Crippen molar-refractivity contribution >= 4 is 50.7 Å². The molecule has 33 heavy (non-hydrogen) atoms. The standard InChI is InChI=1S/C23H29Cl2N3O4S/c1-16(2)26-23(30)17(3)27(13-12-18-8-6-5-7-9-18)22(29)15-28(33(4,31)32)21-14-19(24)10-11-20(21)25/h5-11,14,16-17H,12-13,15H2,1-4H3,(H,26,30)/t17-/m0/s1. The molecule has 180 valence electrons. The van der Waals surface area contributed by atoms with E-state index in [-0.39, 0.29) is 34.2 Å². The predicted octanol–water partition coefficient (Wildman–Crippen LogP) is 3.74. The van der Waals surface area contributed by atoms with Gasteiger partial charge in [-0.25, -0.2) is 8.42 Å². The first-order valence-corrected chi connectivity index (χ1v) is 13.1. The van der Waals surface area contributed by atoms with Crippen molar-refractivity contribution in [3.05, 3.63) is 64.1 Å². The van der Waals surface area contributed by atoms with Gasteiger partial charge in [-0.15, -0.1) is 0 Å². The molecule has 0 saturated heterocycles. The SMILES string of the molecule is CC(C)NC(=O)[C@H](C)N(CCc1ccccc1)C(=O)CN(c1cc(Cl)ccc1Cl)S(C)(=O)=O. The summed E-state index contributed by atoms with van der Waals surface area (Å²) in [5, 5.41) is 3.22. The third-order valence-corrected chi connectivity index (χ3v) is 6.62. The summed E-state index contributed by atoms with van der Waals surface area (Å²) in [6.07, 6.45) is 1.49. The van der Waals surface area contributed by atoms with Gasteiger partial charge >= 0.3 is 0 Å². The summed E-state index contributed by atoms with van der Waals surface area (Å²) in [7, 11) is -3.88. The topological polar surface area (TPSA) is 86.8 Å². The highest BCUT2D eigenvalue weighted by Crippen LogP contribution is 2.30. The van der Waals surface area contributed by atoms with Crippen LogP contribution in [0.5, 0.6) is 0 Å². The van der Waals surface area contributed by atoms with Crippen molar-refractivity contribution in [1.82, 2.24) is 10.2 Å². The van der Waals surface area contributed by atoms with E-state index in [4.69, 9.17) is 23.2 Å². The molecule has 1 atom stereocenters. The second-order valence-electron chi connectivity index (χ2n) is 8.03. The smallest absolute Gasteiger partial charge is 0.244 e. The minimum absolute atomic E-state index is 0.0994. The van der Waals surface area contributed by atoms with E-state index in [2.05, 4.69) is 5.32 Å². The molecule has 10 heteroatoms. The maximum atomic E-state index is 13.4. The number of hydrogen-bond donors (Lipinski definition) is 1. The van der Waals surface area contributed by atoms with Crippen LogP contribution in [0, 0.1) is 0 Å². The third-order valence-electron chi connectivity index (χ3n) is 4.94. The van der Waals surface area contributed by atoms with Crippen LogP contribution >= 0.6 is 23.2 Å². The van der Waals surface area contributed by atoms with E-state index in [1.54, 1.807) is 6.92 Å². The molecule has 0 aliphatic heterocycles. The van der Waals surface area contributed by atoms with Crippen molar-refractivity contribution in [1.29, 1.82) is 0 Å². The van der Waals surface area contributed by atoms with Gasteiger partial charge in [-0.3, -0.25) is 13.9 Å². The number of halogens is 2. The number of rotatable bonds is 10. The van der Waals surface area contributed by atoms with E-state index in [0.717, 1.165) is 16.1 Å². The quantitative estimate of drug-likeness (QED) is 0.524. The monoisotopic (exact) mass is 513 g/mol. The normalized spacial score (nSPS) is 12.3. The lowest BCUT2D eigenvalue weighted by Crippen LogP contribution is -2.53. The highest BCUT2D eigenvalue weighted by Gasteiger charge is 2.30. The second-order valence-corrected chi connectivity index (χ2v) is 10.8. The number of amides is 2. The van der Waals surface area contributed by atoms with E-state index in [1.807, 2.05) is 44.2 Å². The van der Waals surface area contributed by atoms with Crippen molar-refractivity contribution in [2.24, 2.45) is 0 Å². The van der Waals surface area contributed by atoms with Gasteiger partial charge in [0.15, 0.2) is 0 Å². The van der Waals surface area contributed by atoms with Crippen LogP contribution in [0.2, 0.25) is 10.0 Å². The summed E-state index contributed by atoms with van der Waals surface area (Å²) in [4.78, 5) is 27.5. The molecule has 0 saturated carbocycles. The van der Waals surface area contributed by atoms with Gasteiger partial charge in [0.05, 0.1) is 17.0 Å². The highest BCUT2D eigenvalue weighted by atomic mass is 35.5. The highest BCUT2D eigenvalue weighted by molar-refractivity contribution is 7.92. The molecular weight excluding hydrogens is 485 g/mol. The molecule has 0 heterocycles. The number of nitrogens with one attached hydrogen (secondary N) is 1. The first kappa shape index (κ1) is 27.0. The molecular formula is C23H29Cl2N3O4S. The summed E-state index contributed by atoms with van der Waals surface area (Å²) in [5.74, 6) is -0.850. The van der Waals surface area contributed by atoms with Crippen molar-refractivity contribution in [3.8, 4) is 0 Å². The van der Waals surface area contributed by atoms with E-state index >= 15 is 0 Å². The lowest BCUT2D eigenvalue weighted by molar-refractivity contribution is -0.139. The Balaban J connectivity index is 2.35. The van der Waals surface area contributed by atoms with Gasteiger partial charge < -0.3 is 10.2 Å². The van der Waals surface area contributed by atoms with Gasteiger partial charge in [0.1, 0.15) is 12.6 Å². The largest absolute Gasteiger partial charge is 0.352 e. The molecule has 0 bridgehead atoms. The van der Waals surface area contributed by atoms with Crippen molar-refractivity contribution in [2.45, 2.75) is 39.3 Å². The van der Waals surface area contributed by atoms with Crippen LogP contribution in [0.25, 0.3) is 0 Å². The summed E-state index contributed by atoms with van der Waals surface area (Å²) < 4.78 is 26.0. The summed E-state index contributed by atoms with van der Waals surface area (Å²) >= 11 is 12.3. The number of carbonyl (C=O) groups excluding carboxylic acids is 2. The molecule has 7 nitrogen and oxygen atoms in total. The molecule has 0 radical (unpaired) electrons. The number of sulfonamides is 1. The Kier molecular flexibility index (Phi) is 9.57. The van der Waals surface area contributed by atoms with Crippen LogP contribution in [-0.2, 0) is 26.0 Å². The molecule has 0 unspecified atom stereocenters. The van der Waals surface area contributed by atoms with Crippen molar-refractivity contribution in [3.63, 3.8) is 0 Å². The average Bonchev–Trinajstić information content (AvgIpc) is 2.73. The Morgan fingerprint density at radius 1 is 1.03 bits per heavy atom. The van der Waals surface area contributed by atoms with Crippen LogP contribution in [0.4, 0.5) is 5.69 Å². The van der Waals surface area contributed by atoms with Crippen LogP contribution in [0.1, 0.15) is 26.3 Å². The van der Waals surface area contributed by atoms with Crippen LogP contribution in [0.15, 0.2) is 48.5 Å². The maximum Gasteiger partial charge on any atom is 0.244 e. The van der Waals surface area contributed by atoms with Gasteiger partial charge in [-0.2, -0.15) is 0 Å². The molecule has 0 spiro atoms. The molecule has 2 aromatic rings. The van der Waals surface area contributed by atoms with E-state index in [1.165, 1.54) is 23.1 Å². The Bertz CT molecular complexity index is 1080. The first-order valence-electron chi connectivity index (χ1n) is 10.5. The number of carbonyl (C=O) groups is 2. The summed E-state index contributed by atoms with van der Waals surface area (Å²) in [6, 6.07) is 13.0. The molecule has 0 aliphatic rings. The van der Waals surface area contributed by atoms with Gasteiger partial charge in [0.2, 0.25) is 21.8 Å². The van der Waals surface area contributed by atoms with E-state index in [9.17, 15) is 18.0 Å². The number of benzene rings is 2. The summed E-state index contributed by atoms with van der Waals surface area (Å²) in [5.41, 5.74) is 1.09. The summed E-state index contributed by atoms with van der Waals surface area (Å²) in [6.45, 7) is 4.99.